The molecule has 0 aromatic heterocycles. The van der Waals surface area contributed by atoms with Gasteiger partial charge >= 0.3 is 0 Å². The molecule has 3 nitrogen and oxygen atoms in total. The minimum atomic E-state index is -0.182. The summed E-state index contributed by atoms with van der Waals surface area (Å²) in [6.45, 7) is 5.35. The predicted molar refractivity (Wildman–Crippen MR) is 74.8 cm³/mol. The third-order valence-corrected chi connectivity index (χ3v) is 3.73. The number of thiocarbonyl (C=S) groups is 1. The van der Waals surface area contributed by atoms with Crippen LogP contribution in [0.3, 0.4) is 0 Å². The molecule has 4 heteroatoms. The van der Waals surface area contributed by atoms with E-state index in [9.17, 15) is 4.79 Å². The van der Waals surface area contributed by atoms with Crippen LogP contribution in [-0.4, -0.2) is 28.9 Å². The molecule has 1 aliphatic rings. The molecule has 1 rings (SSSR count). The summed E-state index contributed by atoms with van der Waals surface area (Å²) in [5.41, 5.74) is 5.39. The Morgan fingerprint density at radius 3 is 2.41 bits per heavy atom. The molecule has 0 spiro atoms. The van der Waals surface area contributed by atoms with Gasteiger partial charge in [0.05, 0.1) is 11.5 Å². The number of nitrogens with two attached hydrogens (primary N) is 1. The van der Waals surface area contributed by atoms with Crippen molar-refractivity contribution in [1.82, 2.24) is 4.90 Å². The zero-order valence-electron chi connectivity index (χ0n) is 11.0. The Labute approximate surface area is 110 Å². The van der Waals surface area contributed by atoms with Gasteiger partial charge in [-0.15, -0.1) is 0 Å². The fraction of sp³-hybridized carbons (Fsp3) is 0.846. The average Bonchev–Trinajstić information content (AvgIpc) is 2.28. The van der Waals surface area contributed by atoms with E-state index in [1.54, 1.807) is 0 Å². The highest BCUT2D eigenvalue weighted by atomic mass is 32.1. The average molecular weight is 256 g/mol. The molecule has 1 fully saturated rings. The summed E-state index contributed by atoms with van der Waals surface area (Å²) in [6, 6.07) is 0. The van der Waals surface area contributed by atoms with Crippen molar-refractivity contribution >= 4 is 23.1 Å². The summed E-state index contributed by atoms with van der Waals surface area (Å²) in [5, 5.41) is 0. The lowest BCUT2D eigenvalue weighted by Gasteiger charge is -2.37. The summed E-state index contributed by atoms with van der Waals surface area (Å²) in [4.78, 5) is 14.8. The van der Waals surface area contributed by atoms with Gasteiger partial charge in [-0.2, -0.15) is 0 Å². The second kappa shape index (κ2) is 6.34. The van der Waals surface area contributed by atoms with E-state index in [2.05, 4.69) is 13.8 Å². The van der Waals surface area contributed by atoms with Crippen LogP contribution in [0.25, 0.3) is 0 Å². The van der Waals surface area contributed by atoms with Gasteiger partial charge in [-0.3, -0.25) is 4.79 Å². The standard InChI is InChI=1S/C13H24N2OS/c1-3-9-15(10-11(14)17)12(16)13(2)7-5-4-6-8-13/h3-10H2,1-2H3,(H2,14,17). The third kappa shape index (κ3) is 3.95. The van der Waals surface area contributed by atoms with Crippen LogP contribution in [0.5, 0.6) is 0 Å². The quantitative estimate of drug-likeness (QED) is 0.769. The zero-order valence-corrected chi connectivity index (χ0v) is 11.8. The molecule has 0 heterocycles. The van der Waals surface area contributed by atoms with Crippen molar-refractivity contribution in [2.75, 3.05) is 13.1 Å². The van der Waals surface area contributed by atoms with Crippen LogP contribution >= 0.6 is 12.2 Å². The van der Waals surface area contributed by atoms with Crippen molar-refractivity contribution in [2.24, 2.45) is 11.1 Å². The monoisotopic (exact) mass is 256 g/mol. The third-order valence-electron chi connectivity index (χ3n) is 3.60. The van der Waals surface area contributed by atoms with E-state index in [-0.39, 0.29) is 11.3 Å². The lowest BCUT2D eigenvalue weighted by atomic mass is 9.74. The fourth-order valence-corrected chi connectivity index (χ4v) is 2.79. The number of rotatable bonds is 5. The summed E-state index contributed by atoms with van der Waals surface area (Å²) in [6.07, 6.45) is 6.54. The van der Waals surface area contributed by atoms with Gasteiger partial charge in [-0.05, 0) is 19.3 Å². The largest absolute Gasteiger partial charge is 0.392 e. The second-order valence-electron chi connectivity index (χ2n) is 5.31. The van der Waals surface area contributed by atoms with Gasteiger partial charge in [0, 0.05) is 12.0 Å². The molecular weight excluding hydrogens is 232 g/mol. The van der Waals surface area contributed by atoms with Crippen molar-refractivity contribution in [1.29, 1.82) is 0 Å². The van der Waals surface area contributed by atoms with Crippen LogP contribution in [-0.2, 0) is 4.79 Å². The van der Waals surface area contributed by atoms with Crippen LogP contribution in [0.4, 0.5) is 0 Å². The van der Waals surface area contributed by atoms with Crippen molar-refractivity contribution in [3.63, 3.8) is 0 Å². The minimum absolute atomic E-state index is 0.182. The van der Waals surface area contributed by atoms with E-state index in [1.807, 2.05) is 4.90 Å². The van der Waals surface area contributed by atoms with Gasteiger partial charge in [0.2, 0.25) is 5.91 Å². The maximum Gasteiger partial charge on any atom is 0.228 e. The van der Waals surface area contributed by atoms with E-state index in [4.69, 9.17) is 18.0 Å². The topological polar surface area (TPSA) is 46.3 Å². The first-order valence-electron chi connectivity index (χ1n) is 6.57. The first-order valence-corrected chi connectivity index (χ1v) is 6.98. The minimum Gasteiger partial charge on any atom is -0.392 e. The molecule has 0 saturated heterocycles. The highest BCUT2D eigenvalue weighted by molar-refractivity contribution is 7.80. The van der Waals surface area contributed by atoms with Crippen molar-refractivity contribution < 1.29 is 4.79 Å². The molecular formula is C13H24N2OS. The Hall–Kier alpha value is -0.640. The lowest BCUT2D eigenvalue weighted by molar-refractivity contribution is -0.142. The van der Waals surface area contributed by atoms with Gasteiger partial charge in [-0.1, -0.05) is 45.3 Å². The molecule has 0 bridgehead atoms. The molecule has 0 aromatic rings. The number of carbonyl (C=O) groups excluding carboxylic acids is 1. The van der Waals surface area contributed by atoms with Crippen molar-refractivity contribution in [3.05, 3.63) is 0 Å². The maximum atomic E-state index is 12.6. The molecule has 0 unspecified atom stereocenters. The number of carbonyl (C=O) groups is 1. The molecule has 0 atom stereocenters. The Balaban J connectivity index is 2.71. The van der Waals surface area contributed by atoms with Crippen molar-refractivity contribution in [2.45, 2.75) is 52.4 Å². The molecule has 98 valence electrons. The van der Waals surface area contributed by atoms with Crippen LogP contribution in [0.1, 0.15) is 52.4 Å². The summed E-state index contributed by atoms with van der Waals surface area (Å²) < 4.78 is 0. The van der Waals surface area contributed by atoms with E-state index in [1.165, 1.54) is 6.42 Å². The van der Waals surface area contributed by atoms with Crippen LogP contribution in [0.15, 0.2) is 0 Å². The summed E-state index contributed by atoms with van der Waals surface area (Å²) >= 11 is 4.93. The van der Waals surface area contributed by atoms with Crippen LogP contribution in [0, 0.1) is 5.41 Å². The molecule has 17 heavy (non-hydrogen) atoms. The summed E-state index contributed by atoms with van der Waals surface area (Å²) in [7, 11) is 0. The first-order chi connectivity index (χ1) is 7.99. The molecule has 2 N–H and O–H groups in total. The molecule has 1 aliphatic carbocycles. The van der Waals surface area contributed by atoms with Crippen molar-refractivity contribution in [3.8, 4) is 0 Å². The molecule has 0 aromatic carbocycles. The zero-order chi connectivity index (χ0) is 12.9. The molecule has 1 saturated carbocycles. The van der Waals surface area contributed by atoms with Gasteiger partial charge in [0.15, 0.2) is 0 Å². The Bertz CT molecular complexity index is 285. The normalized spacial score (nSPS) is 18.7. The van der Waals surface area contributed by atoms with Gasteiger partial charge in [-0.25, -0.2) is 0 Å². The van der Waals surface area contributed by atoms with Gasteiger partial charge in [0.1, 0.15) is 0 Å². The Morgan fingerprint density at radius 1 is 1.35 bits per heavy atom. The number of nitrogens with zero attached hydrogens (tertiary/aromatic N) is 1. The van der Waals surface area contributed by atoms with Crippen LogP contribution in [0.2, 0.25) is 0 Å². The molecule has 1 amide bonds. The predicted octanol–water partition coefficient (Wildman–Crippen LogP) is 2.48. The maximum absolute atomic E-state index is 12.6. The highest BCUT2D eigenvalue weighted by Crippen LogP contribution is 2.37. The van der Waals surface area contributed by atoms with Gasteiger partial charge in [0.25, 0.3) is 0 Å². The van der Waals surface area contributed by atoms with E-state index in [0.29, 0.717) is 11.5 Å². The fourth-order valence-electron chi connectivity index (χ4n) is 2.64. The first kappa shape index (κ1) is 14.4. The highest BCUT2D eigenvalue weighted by Gasteiger charge is 2.37. The smallest absolute Gasteiger partial charge is 0.228 e. The SMILES string of the molecule is CCCN(CC(N)=S)C(=O)C1(C)CCCCC1. The lowest BCUT2D eigenvalue weighted by Crippen LogP contribution is -2.46. The number of hydrogen-bond donors (Lipinski definition) is 1. The molecule has 0 aliphatic heterocycles. The summed E-state index contributed by atoms with van der Waals surface area (Å²) in [5.74, 6) is 0.242. The Morgan fingerprint density at radius 2 is 1.94 bits per heavy atom. The van der Waals surface area contributed by atoms with E-state index in [0.717, 1.165) is 38.6 Å². The van der Waals surface area contributed by atoms with Crippen LogP contribution < -0.4 is 5.73 Å². The number of amides is 1. The Kier molecular flexibility index (Phi) is 5.37. The molecule has 0 radical (unpaired) electrons. The van der Waals surface area contributed by atoms with Gasteiger partial charge < -0.3 is 10.6 Å². The van der Waals surface area contributed by atoms with E-state index >= 15 is 0 Å². The van der Waals surface area contributed by atoms with E-state index < -0.39 is 0 Å². The second-order valence-corrected chi connectivity index (χ2v) is 5.84. The number of hydrogen-bond acceptors (Lipinski definition) is 2.